The molecular formula is C10H18N4O2. The second kappa shape index (κ2) is 5.50. The fourth-order valence-electron chi connectivity index (χ4n) is 1.01. The molecule has 1 rings (SSSR count). The van der Waals surface area contributed by atoms with Gasteiger partial charge in [-0.2, -0.15) is 0 Å². The molecule has 0 saturated carbocycles. The molecule has 1 aromatic heterocycles. The van der Waals surface area contributed by atoms with E-state index >= 15 is 0 Å². The summed E-state index contributed by atoms with van der Waals surface area (Å²) in [6, 6.07) is 1.67. The molecule has 2 N–H and O–H groups in total. The Morgan fingerprint density at radius 2 is 2.31 bits per heavy atom. The van der Waals surface area contributed by atoms with Crippen LogP contribution in [0.3, 0.4) is 0 Å². The van der Waals surface area contributed by atoms with Gasteiger partial charge in [0.2, 0.25) is 0 Å². The van der Waals surface area contributed by atoms with Crippen LogP contribution < -0.4 is 10.6 Å². The van der Waals surface area contributed by atoms with Crippen LogP contribution in [0.4, 0.5) is 10.6 Å². The van der Waals surface area contributed by atoms with Crippen LogP contribution in [0.1, 0.15) is 12.7 Å². The van der Waals surface area contributed by atoms with Crippen molar-refractivity contribution in [2.75, 3.05) is 26.0 Å². The molecule has 0 bridgehead atoms. The number of likely N-dealkylation sites (N-methyl/N-ethyl adjacent to an activating group) is 1. The predicted octanol–water partition coefficient (Wildman–Crippen LogP) is 1.05. The van der Waals surface area contributed by atoms with E-state index in [1.165, 1.54) is 0 Å². The lowest BCUT2D eigenvalue weighted by Gasteiger charge is -2.19. The van der Waals surface area contributed by atoms with Gasteiger partial charge >= 0.3 is 6.03 Å². The van der Waals surface area contributed by atoms with E-state index in [0.29, 0.717) is 18.1 Å². The summed E-state index contributed by atoms with van der Waals surface area (Å²) in [7, 11) is 3.93. The van der Waals surface area contributed by atoms with Crippen molar-refractivity contribution in [1.82, 2.24) is 15.4 Å². The number of aromatic nitrogens is 1. The number of carbonyl (C=O) groups excluding carboxylic acids is 1. The van der Waals surface area contributed by atoms with Crippen LogP contribution >= 0.6 is 0 Å². The van der Waals surface area contributed by atoms with Gasteiger partial charge in [0.1, 0.15) is 5.76 Å². The highest BCUT2D eigenvalue weighted by Gasteiger charge is 2.08. The molecule has 2 amide bonds. The fraction of sp³-hybridized carbons (Fsp3) is 0.600. The molecule has 0 saturated heterocycles. The fourth-order valence-corrected chi connectivity index (χ4v) is 1.01. The lowest BCUT2D eigenvalue weighted by atomic mass is 10.3. The Hall–Kier alpha value is -1.56. The quantitative estimate of drug-likeness (QED) is 0.805. The molecule has 90 valence electrons. The zero-order chi connectivity index (χ0) is 12.1. The van der Waals surface area contributed by atoms with E-state index in [4.69, 9.17) is 4.52 Å². The van der Waals surface area contributed by atoms with E-state index in [1.54, 1.807) is 13.0 Å². The van der Waals surface area contributed by atoms with E-state index < -0.39 is 0 Å². The Morgan fingerprint density at radius 1 is 1.62 bits per heavy atom. The third-order valence-electron chi connectivity index (χ3n) is 2.31. The molecule has 6 nitrogen and oxygen atoms in total. The van der Waals surface area contributed by atoms with Crippen LogP contribution in [0.25, 0.3) is 0 Å². The smallest absolute Gasteiger partial charge is 0.320 e. The topological polar surface area (TPSA) is 70.4 Å². The van der Waals surface area contributed by atoms with Crippen molar-refractivity contribution in [3.05, 3.63) is 11.8 Å². The molecule has 1 atom stereocenters. The summed E-state index contributed by atoms with van der Waals surface area (Å²) in [5, 5.41) is 8.99. The number of hydrogen-bond donors (Lipinski definition) is 2. The molecule has 0 radical (unpaired) electrons. The van der Waals surface area contributed by atoms with E-state index in [1.807, 2.05) is 25.9 Å². The number of carbonyl (C=O) groups is 1. The van der Waals surface area contributed by atoms with Gasteiger partial charge in [0.25, 0.3) is 0 Å². The van der Waals surface area contributed by atoms with Gasteiger partial charge in [0.05, 0.1) is 0 Å². The highest BCUT2D eigenvalue weighted by atomic mass is 16.5. The van der Waals surface area contributed by atoms with E-state index in [0.717, 1.165) is 0 Å². The molecule has 0 fully saturated rings. The van der Waals surface area contributed by atoms with Crippen molar-refractivity contribution < 1.29 is 9.32 Å². The van der Waals surface area contributed by atoms with E-state index in [9.17, 15) is 4.79 Å². The predicted molar refractivity (Wildman–Crippen MR) is 61.4 cm³/mol. The van der Waals surface area contributed by atoms with Crippen molar-refractivity contribution in [1.29, 1.82) is 0 Å². The van der Waals surface area contributed by atoms with Gasteiger partial charge in [-0.3, -0.25) is 5.32 Å². The average Bonchev–Trinajstić information content (AvgIpc) is 2.60. The maximum absolute atomic E-state index is 11.4. The number of aryl methyl sites for hydroxylation is 1. The standard InChI is InChI=1S/C10H18N4O2/c1-7(14(3)4)6-11-10(15)12-9-5-8(2)16-13-9/h5,7H,6H2,1-4H3,(H2,11,12,13,15). The normalized spacial score (nSPS) is 12.6. The highest BCUT2D eigenvalue weighted by Crippen LogP contribution is 2.06. The lowest BCUT2D eigenvalue weighted by Crippen LogP contribution is -2.40. The van der Waals surface area contributed by atoms with Crippen molar-refractivity contribution in [2.45, 2.75) is 19.9 Å². The van der Waals surface area contributed by atoms with Gasteiger partial charge in [-0.25, -0.2) is 4.79 Å². The number of rotatable bonds is 4. The molecule has 0 aliphatic heterocycles. The van der Waals surface area contributed by atoms with Crippen LogP contribution in [0, 0.1) is 6.92 Å². The van der Waals surface area contributed by atoms with Crippen LogP contribution in [0.2, 0.25) is 0 Å². The van der Waals surface area contributed by atoms with Crippen molar-refractivity contribution >= 4 is 11.8 Å². The van der Waals surface area contributed by atoms with Gasteiger partial charge in [-0.1, -0.05) is 5.16 Å². The minimum absolute atomic E-state index is 0.276. The zero-order valence-corrected chi connectivity index (χ0v) is 10.1. The van der Waals surface area contributed by atoms with Crippen molar-refractivity contribution in [2.24, 2.45) is 0 Å². The van der Waals surface area contributed by atoms with Gasteiger partial charge in [-0.15, -0.1) is 0 Å². The third-order valence-corrected chi connectivity index (χ3v) is 2.31. The molecule has 16 heavy (non-hydrogen) atoms. The van der Waals surface area contributed by atoms with Crippen molar-refractivity contribution in [3.63, 3.8) is 0 Å². The second-order valence-corrected chi connectivity index (χ2v) is 3.97. The molecule has 1 unspecified atom stereocenters. The molecule has 6 heteroatoms. The summed E-state index contributed by atoms with van der Waals surface area (Å²) in [5.74, 6) is 1.09. The Labute approximate surface area is 95.0 Å². The zero-order valence-electron chi connectivity index (χ0n) is 10.1. The van der Waals surface area contributed by atoms with Crippen LogP contribution in [-0.4, -0.2) is 42.8 Å². The first-order valence-electron chi connectivity index (χ1n) is 5.13. The molecular weight excluding hydrogens is 208 g/mol. The third kappa shape index (κ3) is 3.90. The van der Waals surface area contributed by atoms with Crippen LogP contribution in [0.5, 0.6) is 0 Å². The minimum atomic E-state index is -0.276. The average molecular weight is 226 g/mol. The molecule has 0 aliphatic rings. The van der Waals surface area contributed by atoms with E-state index in [-0.39, 0.29) is 12.1 Å². The molecule has 1 aromatic rings. The van der Waals surface area contributed by atoms with Gasteiger partial charge < -0.3 is 14.7 Å². The molecule has 0 aliphatic carbocycles. The Balaban J connectivity index is 2.31. The summed E-state index contributed by atoms with van der Waals surface area (Å²) in [5.41, 5.74) is 0. The summed E-state index contributed by atoms with van der Waals surface area (Å²) in [6.07, 6.45) is 0. The Morgan fingerprint density at radius 3 is 2.81 bits per heavy atom. The first kappa shape index (κ1) is 12.5. The summed E-state index contributed by atoms with van der Waals surface area (Å²) in [4.78, 5) is 13.5. The Kier molecular flexibility index (Phi) is 4.30. The highest BCUT2D eigenvalue weighted by molar-refractivity contribution is 5.88. The van der Waals surface area contributed by atoms with Gasteiger partial charge in [0.15, 0.2) is 5.82 Å². The molecule has 0 spiro atoms. The second-order valence-electron chi connectivity index (χ2n) is 3.97. The SMILES string of the molecule is Cc1cc(NC(=O)NCC(C)N(C)C)no1. The minimum Gasteiger partial charge on any atom is -0.360 e. The number of hydrogen-bond acceptors (Lipinski definition) is 4. The number of nitrogens with one attached hydrogen (secondary N) is 2. The summed E-state index contributed by atoms with van der Waals surface area (Å²) < 4.78 is 4.83. The molecule has 1 heterocycles. The number of amides is 2. The maximum Gasteiger partial charge on any atom is 0.320 e. The maximum atomic E-state index is 11.4. The monoisotopic (exact) mass is 226 g/mol. The number of urea groups is 1. The first-order chi connectivity index (χ1) is 7.49. The van der Waals surface area contributed by atoms with E-state index in [2.05, 4.69) is 15.8 Å². The van der Waals surface area contributed by atoms with Gasteiger partial charge in [-0.05, 0) is 27.9 Å². The number of anilines is 1. The lowest BCUT2D eigenvalue weighted by molar-refractivity contribution is 0.245. The number of nitrogens with zero attached hydrogens (tertiary/aromatic N) is 2. The van der Waals surface area contributed by atoms with Crippen LogP contribution in [0.15, 0.2) is 10.6 Å². The first-order valence-corrected chi connectivity index (χ1v) is 5.13. The Bertz CT molecular complexity index is 348. The summed E-state index contributed by atoms with van der Waals surface area (Å²) in [6.45, 7) is 4.38. The van der Waals surface area contributed by atoms with Crippen molar-refractivity contribution in [3.8, 4) is 0 Å². The molecule has 0 aromatic carbocycles. The summed E-state index contributed by atoms with van der Waals surface area (Å²) >= 11 is 0. The van der Waals surface area contributed by atoms with Crippen LogP contribution in [-0.2, 0) is 0 Å². The van der Waals surface area contributed by atoms with Gasteiger partial charge in [0, 0.05) is 18.7 Å². The largest absolute Gasteiger partial charge is 0.360 e.